The predicted molar refractivity (Wildman–Crippen MR) is 77.7 cm³/mol. The first kappa shape index (κ1) is 17.9. The Balaban J connectivity index is 3.65. The summed E-state index contributed by atoms with van der Waals surface area (Å²) < 4.78 is 4.77. The Kier molecular flexibility index (Phi) is 11.9. The molecule has 3 N–H and O–H groups in total. The molecule has 0 unspecified atom stereocenters. The van der Waals surface area contributed by atoms with E-state index in [0.29, 0.717) is 44.9 Å². The fourth-order valence-electron chi connectivity index (χ4n) is 1.20. The van der Waals surface area contributed by atoms with Crippen molar-refractivity contribution in [2.75, 3.05) is 32.8 Å². The Hall–Kier alpha value is -2.12. The Bertz CT molecular complexity index is 375. The Morgan fingerprint density at radius 3 is 2.90 bits per heavy atom. The summed E-state index contributed by atoms with van der Waals surface area (Å²) in [5, 5.41) is 10.1. The molecule has 0 fully saturated rings. The van der Waals surface area contributed by atoms with Gasteiger partial charge in [-0.05, 0) is 18.5 Å². The molecule has 112 valence electrons. The van der Waals surface area contributed by atoms with Gasteiger partial charge in [-0.15, -0.1) is 0 Å². The molecule has 9 nitrogen and oxygen atoms in total. The maximum absolute atomic E-state index is 10.5. The number of ether oxygens (including phenoxy) is 1. The number of carbonyl (C=O) groups is 1. The van der Waals surface area contributed by atoms with Crippen LogP contribution >= 0.6 is 0 Å². The average molecular weight is 283 g/mol. The van der Waals surface area contributed by atoms with Crippen LogP contribution in [0.4, 0.5) is 0 Å². The highest BCUT2D eigenvalue weighted by Gasteiger charge is 1.95. The normalized spacial score (nSPS) is 11.3. The van der Waals surface area contributed by atoms with Gasteiger partial charge >= 0.3 is 5.97 Å². The van der Waals surface area contributed by atoms with Crippen LogP contribution in [-0.4, -0.2) is 50.7 Å². The molecular formula is C11H21N7O2. The molecule has 0 aliphatic carbocycles. The maximum atomic E-state index is 10.5. The number of nitrogens with zero attached hydrogens (tertiary/aromatic N) is 5. The van der Waals surface area contributed by atoms with E-state index in [1.807, 2.05) is 0 Å². The molecule has 0 saturated carbocycles. The van der Waals surface area contributed by atoms with Gasteiger partial charge in [0.05, 0.1) is 12.3 Å². The molecule has 9 heteroatoms. The highest BCUT2D eigenvalue weighted by Crippen LogP contribution is 1.85. The standard InChI is InChI=1S/C11H21N7O2/c1-10(19)20-7-3-5-15-9-11(17-12)8-14-4-2-6-16-18-13/h9,14H,2-8,12H2,1H3. The lowest BCUT2D eigenvalue weighted by atomic mass is 10.3. The number of rotatable bonds is 11. The summed E-state index contributed by atoms with van der Waals surface area (Å²) >= 11 is 0. The number of hydrogen-bond acceptors (Lipinski definition) is 7. The van der Waals surface area contributed by atoms with E-state index in [9.17, 15) is 4.79 Å². The van der Waals surface area contributed by atoms with Gasteiger partial charge in [0.2, 0.25) is 0 Å². The minimum Gasteiger partial charge on any atom is -0.466 e. The van der Waals surface area contributed by atoms with Gasteiger partial charge in [0.15, 0.2) is 0 Å². The van der Waals surface area contributed by atoms with Crippen molar-refractivity contribution in [1.82, 2.24) is 5.32 Å². The van der Waals surface area contributed by atoms with Gasteiger partial charge in [0.25, 0.3) is 0 Å². The van der Waals surface area contributed by atoms with Crippen molar-refractivity contribution in [2.24, 2.45) is 21.1 Å². The van der Waals surface area contributed by atoms with Gasteiger partial charge in [0.1, 0.15) is 0 Å². The van der Waals surface area contributed by atoms with Crippen LogP contribution in [-0.2, 0) is 9.53 Å². The van der Waals surface area contributed by atoms with Crippen LogP contribution in [0.15, 0.2) is 15.2 Å². The molecule has 0 aromatic rings. The topological polar surface area (TPSA) is 138 Å². The van der Waals surface area contributed by atoms with Crippen molar-refractivity contribution in [3.8, 4) is 0 Å². The van der Waals surface area contributed by atoms with E-state index in [4.69, 9.17) is 16.1 Å². The van der Waals surface area contributed by atoms with Crippen molar-refractivity contribution in [1.29, 1.82) is 0 Å². The number of nitrogens with two attached hydrogens (primary N) is 1. The molecule has 0 aromatic carbocycles. The third-order valence-corrected chi connectivity index (χ3v) is 2.12. The van der Waals surface area contributed by atoms with Gasteiger partial charge in [-0.3, -0.25) is 9.79 Å². The molecule has 0 bridgehead atoms. The number of hydrogen-bond donors (Lipinski definition) is 2. The van der Waals surface area contributed by atoms with E-state index in [0.717, 1.165) is 6.42 Å². The number of hydrazone groups is 1. The van der Waals surface area contributed by atoms with Crippen LogP contribution in [0.2, 0.25) is 0 Å². The Labute approximate surface area is 117 Å². The van der Waals surface area contributed by atoms with Crippen LogP contribution in [0.5, 0.6) is 0 Å². The van der Waals surface area contributed by atoms with Crippen molar-refractivity contribution in [3.63, 3.8) is 0 Å². The largest absolute Gasteiger partial charge is 0.466 e. The zero-order valence-corrected chi connectivity index (χ0v) is 11.7. The fourth-order valence-corrected chi connectivity index (χ4v) is 1.20. The molecule has 0 spiro atoms. The molecule has 0 atom stereocenters. The van der Waals surface area contributed by atoms with E-state index in [1.54, 1.807) is 6.21 Å². The number of aliphatic imine (C=N–C) groups is 1. The van der Waals surface area contributed by atoms with Crippen LogP contribution < -0.4 is 11.2 Å². The van der Waals surface area contributed by atoms with Gasteiger partial charge < -0.3 is 15.9 Å². The van der Waals surface area contributed by atoms with Crippen LogP contribution in [0.1, 0.15) is 19.8 Å². The summed E-state index contributed by atoms with van der Waals surface area (Å²) in [4.78, 5) is 17.3. The monoisotopic (exact) mass is 283 g/mol. The fraction of sp³-hybridized carbons (Fsp3) is 0.727. The number of esters is 1. The second kappa shape index (κ2) is 13.3. The number of carbonyl (C=O) groups excluding carboxylic acids is 1. The zero-order valence-electron chi connectivity index (χ0n) is 11.7. The van der Waals surface area contributed by atoms with Crippen LogP contribution in [0, 0.1) is 0 Å². The Morgan fingerprint density at radius 2 is 2.25 bits per heavy atom. The van der Waals surface area contributed by atoms with Gasteiger partial charge in [-0.2, -0.15) is 5.10 Å². The lowest BCUT2D eigenvalue weighted by Crippen LogP contribution is -2.26. The molecule has 0 heterocycles. The zero-order chi connectivity index (χ0) is 15.1. The molecular weight excluding hydrogens is 262 g/mol. The molecule has 0 saturated heterocycles. The highest BCUT2D eigenvalue weighted by atomic mass is 16.5. The smallest absolute Gasteiger partial charge is 0.302 e. The first-order chi connectivity index (χ1) is 9.70. The predicted octanol–water partition coefficient (Wildman–Crippen LogP) is 0.615. The second-order valence-corrected chi connectivity index (χ2v) is 3.83. The van der Waals surface area contributed by atoms with Gasteiger partial charge in [0, 0.05) is 44.1 Å². The lowest BCUT2D eigenvalue weighted by molar-refractivity contribution is -0.140. The molecule has 0 amide bonds. The molecule has 20 heavy (non-hydrogen) atoms. The molecule has 0 aliphatic heterocycles. The van der Waals surface area contributed by atoms with Gasteiger partial charge in [-0.25, -0.2) is 0 Å². The van der Waals surface area contributed by atoms with E-state index in [-0.39, 0.29) is 5.97 Å². The highest BCUT2D eigenvalue weighted by molar-refractivity contribution is 6.31. The Morgan fingerprint density at radius 1 is 1.45 bits per heavy atom. The van der Waals surface area contributed by atoms with E-state index >= 15 is 0 Å². The van der Waals surface area contributed by atoms with Crippen molar-refractivity contribution < 1.29 is 9.53 Å². The van der Waals surface area contributed by atoms with E-state index < -0.39 is 0 Å². The lowest BCUT2D eigenvalue weighted by Gasteiger charge is -2.02. The van der Waals surface area contributed by atoms with E-state index in [1.165, 1.54) is 6.92 Å². The summed E-state index contributed by atoms with van der Waals surface area (Å²) in [6.07, 6.45) is 3.00. The summed E-state index contributed by atoms with van der Waals surface area (Å²) in [7, 11) is 0. The number of azide groups is 1. The molecule has 0 radical (unpaired) electrons. The SMILES string of the molecule is CC(=O)OCCCN=CC(CNCCCN=[N+]=[N-])=NN. The summed E-state index contributed by atoms with van der Waals surface area (Å²) in [5.41, 5.74) is 8.72. The van der Waals surface area contributed by atoms with Crippen molar-refractivity contribution >= 4 is 17.9 Å². The molecule has 0 aliphatic rings. The first-order valence-electron chi connectivity index (χ1n) is 6.32. The summed E-state index contributed by atoms with van der Waals surface area (Å²) in [6, 6.07) is 0. The van der Waals surface area contributed by atoms with Crippen LogP contribution in [0.3, 0.4) is 0 Å². The third-order valence-electron chi connectivity index (χ3n) is 2.12. The number of nitrogens with one attached hydrogen (secondary N) is 1. The third kappa shape index (κ3) is 12.3. The quantitative estimate of drug-likeness (QED) is 0.0838. The second-order valence-electron chi connectivity index (χ2n) is 3.83. The minimum absolute atomic E-state index is 0.289. The molecule has 0 rings (SSSR count). The summed E-state index contributed by atoms with van der Waals surface area (Å²) in [6.45, 7) is 3.94. The van der Waals surface area contributed by atoms with Crippen molar-refractivity contribution in [3.05, 3.63) is 10.4 Å². The van der Waals surface area contributed by atoms with Crippen LogP contribution in [0.25, 0.3) is 10.4 Å². The average Bonchev–Trinajstić information content (AvgIpc) is 2.43. The van der Waals surface area contributed by atoms with E-state index in [2.05, 4.69) is 25.4 Å². The van der Waals surface area contributed by atoms with Crippen molar-refractivity contribution in [2.45, 2.75) is 19.8 Å². The first-order valence-corrected chi connectivity index (χ1v) is 6.32. The molecule has 0 aromatic heterocycles. The maximum Gasteiger partial charge on any atom is 0.302 e. The minimum atomic E-state index is -0.289. The van der Waals surface area contributed by atoms with Gasteiger partial charge in [-0.1, -0.05) is 5.11 Å². The summed E-state index contributed by atoms with van der Waals surface area (Å²) in [5.74, 6) is 4.95.